The average Bonchev–Trinajstić information content (AvgIpc) is 2.24. The predicted molar refractivity (Wildman–Crippen MR) is 60.1 cm³/mol. The van der Waals surface area contributed by atoms with Gasteiger partial charge in [-0.25, -0.2) is 21.9 Å². The topological polar surface area (TPSA) is 58.2 Å². The average molecular weight is 264 g/mol. The lowest BCUT2D eigenvalue weighted by atomic mass is 10.3. The Labute approximate surface area is 99.1 Å². The molecule has 7 heteroatoms. The summed E-state index contributed by atoms with van der Waals surface area (Å²) in [5, 5.41) is 2.83. The molecule has 0 atom stereocenters. The van der Waals surface area contributed by atoms with E-state index in [1.165, 1.54) is 0 Å². The van der Waals surface area contributed by atoms with Crippen LogP contribution >= 0.6 is 0 Å². The maximum absolute atomic E-state index is 13.2. The van der Waals surface area contributed by atoms with E-state index in [1.807, 2.05) is 0 Å². The Hall–Kier alpha value is -1.05. The third kappa shape index (κ3) is 3.72. The van der Waals surface area contributed by atoms with E-state index in [0.29, 0.717) is 13.0 Å². The molecule has 0 spiro atoms. The van der Waals surface area contributed by atoms with Gasteiger partial charge in [0, 0.05) is 6.54 Å². The second-order valence-corrected chi connectivity index (χ2v) is 5.11. The van der Waals surface area contributed by atoms with Crippen LogP contribution in [0.15, 0.2) is 23.1 Å². The molecular weight excluding hydrogens is 250 g/mol. The fourth-order valence-corrected chi connectivity index (χ4v) is 2.49. The van der Waals surface area contributed by atoms with Crippen LogP contribution in [0.2, 0.25) is 0 Å². The maximum Gasteiger partial charge on any atom is 0.246 e. The van der Waals surface area contributed by atoms with Crippen LogP contribution in [0.1, 0.15) is 6.42 Å². The van der Waals surface area contributed by atoms with Gasteiger partial charge in [0.25, 0.3) is 0 Å². The van der Waals surface area contributed by atoms with Crippen molar-refractivity contribution in [2.24, 2.45) is 0 Å². The summed E-state index contributed by atoms with van der Waals surface area (Å²) in [5.74, 6) is -2.18. The molecule has 0 fully saturated rings. The number of hydrogen-bond acceptors (Lipinski definition) is 3. The molecule has 0 saturated heterocycles. The highest BCUT2D eigenvalue weighted by Gasteiger charge is 2.22. The van der Waals surface area contributed by atoms with E-state index in [2.05, 4.69) is 10.0 Å². The molecule has 0 aliphatic rings. The first-order valence-electron chi connectivity index (χ1n) is 5.07. The van der Waals surface area contributed by atoms with Crippen LogP contribution in [-0.4, -0.2) is 28.6 Å². The number of rotatable bonds is 6. The smallest absolute Gasteiger partial charge is 0.246 e. The molecule has 0 aliphatic carbocycles. The van der Waals surface area contributed by atoms with Gasteiger partial charge in [-0.1, -0.05) is 6.07 Å². The van der Waals surface area contributed by atoms with Gasteiger partial charge in [-0.3, -0.25) is 0 Å². The lowest BCUT2D eigenvalue weighted by molar-refractivity contribution is 0.513. The second-order valence-electron chi connectivity index (χ2n) is 3.41. The van der Waals surface area contributed by atoms with Crippen molar-refractivity contribution in [1.29, 1.82) is 0 Å². The van der Waals surface area contributed by atoms with Crippen LogP contribution in [0.3, 0.4) is 0 Å². The molecule has 0 heterocycles. The number of sulfonamides is 1. The number of hydrogen-bond donors (Lipinski definition) is 2. The molecule has 0 amide bonds. The molecule has 17 heavy (non-hydrogen) atoms. The van der Waals surface area contributed by atoms with E-state index >= 15 is 0 Å². The van der Waals surface area contributed by atoms with Crippen LogP contribution < -0.4 is 10.0 Å². The number of halogens is 2. The minimum absolute atomic E-state index is 0.122. The van der Waals surface area contributed by atoms with Gasteiger partial charge in [0.15, 0.2) is 4.90 Å². The zero-order valence-corrected chi connectivity index (χ0v) is 10.2. The van der Waals surface area contributed by atoms with E-state index in [1.54, 1.807) is 7.05 Å². The fourth-order valence-electron chi connectivity index (χ4n) is 1.28. The Kier molecular flexibility index (Phi) is 4.98. The summed E-state index contributed by atoms with van der Waals surface area (Å²) in [6, 6.07) is 2.93. The van der Waals surface area contributed by atoms with Gasteiger partial charge in [-0.15, -0.1) is 0 Å². The molecule has 0 aromatic heterocycles. The van der Waals surface area contributed by atoms with E-state index < -0.39 is 26.6 Å². The van der Waals surface area contributed by atoms with Crippen molar-refractivity contribution in [3.05, 3.63) is 29.8 Å². The van der Waals surface area contributed by atoms with Gasteiger partial charge < -0.3 is 5.32 Å². The highest BCUT2D eigenvalue weighted by molar-refractivity contribution is 7.89. The molecule has 1 rings (SSSR count). The van der Waals surface area contributed by atoms with E-state index in [-0.39, 0.29) is 6.54 Å². The largest absolute Gasteiger partial charge is 0.320 e. The monoisotopic (exact) mass is 264 g/mol. The summed E-state index contributed by atoms with van der Waals surface area (Å²) in [7, 11) is -2.40. The van der Waals surface area contributed by atoms with Gasteiger partial charge in [0.2, 0.25) is 10.0 Å². The lowest BCUT2D eigenvalue weighted by Crippen LogP contribution is -2.28. The van der Waals surface area contributed by atoms with Gasteiger partial charge in [0.05, 0.1) is 0 Å². The minimum atomic E-state index is -4.13. The molecule has 2 N–H and O–H groups in total. The Balaban J connectivity index is 2.83. The summed E-state index contributed by atoms with van der Waals surface area (Å²) in [4.78, 5) is -0.926. The predicted octanol–water partition coefficient (Wildman–Crippen LogP) is 0.853. The molecule has 1 aromatic rings. The van der Waals surface area contributed by atoms with Crippen LogP contribution in [0, 0.1) is 11.6 Å². The molecule has 0 radical (unpaired) electrons. The minimum Gasteiger partial charge on any atom is -0.320 e. The van der Waals surface area contributed by atoms with E-state index in [9.17, 15) is 17.2 Å². The van der Waals surface area contributed by atoms with Gasteiger partial charge in [-0.05, 0) is 32.1 Å². The van der Waals surface area contributed by atoms with Crippen molar-refractivity contribution >= 4 is 10.0 Å². The molecule has 4 nitrogen and oxygen atoms in total. The number of benzene rings is 1. The highest BCUT2D eigenvalue weighted by Crippen LogP contribution is 2.17. The summed E-state index contributed by atoms with van der Waals surface area (Å²) in [5.41, 5.74) is 0. The van der Waals surface area contributed by atoms with E-state index in [4.69, 9.17) is 0 Å². The van der Waals surface area contributed by atoms with Gasteiger partial charge in [-0.2, -0.15) is 0 Å². The quantitative estimate of drug-likeness (QED) is 0.749. The van der Waals surface area contributed by atoms with Crippen LogP contribution in [0.25, 0.3) is 0 Å². The maximum atomic E-state index is 13.2. The summed E-state index contributed by atoms with van der Waals surface area (Å²) in [6.45, 7) is 0.735. The molecule has 0 bridgehead atoms. The standard InChI is InChI=1S/C10H14F2N2O2S/c1-13-6-3-7-14-17(15,16)10-8(11)4-2-5-9(10)12/h2,4-5,13-14H,3,6-7H2,1H3. The van der Waals surface area contributed by atoms with Crippen LogP contribution in [0.4, 0.5) is 8.78 Å². The first-order valence-corrected chi connectivity index (χ1v) is 6.55. The van der Waals surface area contributed by atoms with Crippen LogP contribution in [-0.2, 0) is 10.0 Å². The van der Waals surface area contributed by atoms with Crippen molar-refractivity contribution in [3.8, 4) is 0 Å². The summed E-state index contributed by atoms with van der Waals surface area (Å²) >= 11 is 0. The van der Waals surface area contributed by atoms with Gasteiger partial charge >= 0.3 is 0 Å². The third-order valence-electron chi connectivity index (χ3n) is 2.08. The van der Waals surface area contributed by atoms with Crippen LogP contribution in [0.5, 0.6) is 0 Å². The Bertz CT molecular complexity index is 457. The summed E-state index contributed by atoms with van der Waals surface area (Å²) in [6.07, 6.45) is 0.534. The molecule has 0 saturated carbocycles. The highest BCUT2D eigenvalue weighted by atomic mass is 32.2. The van der Waals surface area contributed by atoms with Crippen molar-refractivity contribution < 1.29 is 17.2 Å². The third-order valence-corrected chi connectivity index (χ3v) is 3.59. The van der Waals surface area contributed by atoms with E-state index in [0.717, 1.165) is 18.2 Å². The molecule has 1 aromatic carbocycles. The molecule has 0 unspecified atom stereocenters. The van der Waals surface area contributed by atoms with Crippen molar-refractivity contribution in [1.82, 2.24) is 10.0 Å². The second kappa shape index (κ2) is 6.04. The Morgan fingerprint density at radius 3 is 2.29 bits per heavy atom. The van der Waals surface area contributed by atoms with Crippen molar-refractivity contribution in [2.45, 2.75) is 11.3 Å². The van der Waals surface area contributed by atoms with Crippen molar-refractivity contribution in [2.75, 3.05) is 20.1 Å². The SMILES string of the molecule is CNCCCNS(=O)(=O)c1c(F)cccc1F. The Morgan fingerprint density at radius 1 is 1.18 bits per heavy atom. The zero-order valence-electron chi connectivity index (χ0n) is 9.33. The Morgan fingerprint density at radius 2 is 1.76 bits per heavy atom. The normalized spacial score (nSPS) is 11.7. The first-order chi connectivity index (χ1) is 7.99. The lowest BCUT2D eigenvalue weighted by Gasteiger charge is -2.08. The van der Waals surface area contributed by atoms with Gasteiger partial charge in [0.1, 0.15) is 11.6 Å². The number of nitrogens with one attached hydrogen (secondary N) is 2. The zero-order chi connectivity index (χ0) is 12.9. The van der Waals surface area contributed by atoms with Crippen molar-refractivity contribution in [3.63, 3.8) is 0 Å². The molecule has 96 valence electrons. The molecular formula is C10H14F2N2O2S. The summed E-state index contributed by atoms with van der Waals surface area (Å²) < 4.78 is 51.9. The fraction of sp³-hybridized carbons (Fsp3) is 0.400. The first kappa shape index (κ1) is 14.0. The molecule has 0 aliphatic heterocycles.